The summed E-state index contributed by atoms with van der Waals surface area (Å²) in [6.07, 6.45) is -0.668. The average Bonchev–Trinajstić information content (AvgIpc) is 2.26. The maximum absolute atomic E-state index is 11.5. The molecule has 17 heavy (non-hydrogen) atoms. The van der Waals surface area contributed by atoms with E-state index >= 15 is 0 Å². The number of benzene rings is 1. The molecule has 0 aromatic heterocycles. The van der Waals surface area contributed by atoms with Crippen molar-refractivity contribution in [1.29, 1.82) is 0 Å². The molecular weight excluding hydrogens is 307 g/mol. The third kappa shape index (κ3) is 3.87. The predicted octanol–water partition coefficient (Wildman–Crippen LogP) is 2.50. The summed E-state index contributed by atoms with van der Waals surface area (Å²) in [6, 6.07) is 5.19. The first kappa shape index (κ1) is 14.3. The number of carbonyl (C=O) groups excluding carboxylic acids is 1. The highest BCUT2D eigenvalue weighted by atomic mass is 79.9. The van der Waals surface area contributed by atoms with Gasteiger partial charge in [-0.25, -0.2) is 5.84 Å². The zero-order valence-electron chi connectivity index (χ0n) is 9.54. The van der Waals surface area contributed by atoms with E-state index in [1.165, 1.54) is 0 Å². The molecule has 6 heteroatoms. The Labute approximate surface area is 114 Å². The van der Waals surface area contributed by atoms with Crippen LogP contribution in [0.3, 0.4) is 0 Å². The van der Waals surface area contributed by atoms with Crippen molar-refractivity contribution in [3.63, 3.8) is 0 Å². The number of ether oxygens (including phenoxy) is 1. The maximum Gasteiger partial charge on any atom is 0.275 e. The molecule has 3 N–H and O–H groups in total. The van der Waals surface area contributed by atoms with E-state index in [4.69, 9.17) is 22.2 Å². The van der Waals surface area contributed by atoms with Gasteiger partial charge in [0.05, 0.1) is 5.02 Å². The number of nitrogens with two attached hydrogens (primary N) is 1. The lowest BCUT2D eigenvalue weighted by molar-refractivity contribution is -0.129. The second-order valence-corrected chi connectivity index (χ2v) is 5.19. The third-order valence-electron chi connectivity index (χ3n) is 2.15. The van der Waals surface area contributed by atoms with Crippen molar-refractivity contribution in [1.82, 2.24) is 5.43 Å². The molecule has 0 saturated heterocycles. The molecule has 0 fully saturated rings. The van der Waals surface area contributed by atoms with Crippen molar-refractivity contribution in [2.75, 3.05) is 0 Å². The summed E-state index contributed by atoms with van der Waals surface area (Å²) >= 11 is 9.30. The van der Waals surface area contributed by atoms with Crippen LogP contribution in [0.1, 0.15) is 13.8 Å². The fourth-order valence-electron chi connectivity index (χ4n) is 1.28. The summed E-state index contributed by atoms with van der Waals surface area (Å²) in [5, 5.41) is 0.440. The molecule has 1 aromatic rings. The molecule has 1 unspecified atom stereocenters. The van der Waals surface area contributed by atoms with E-state index in [-0.39, 0.29) is 11.8 Å². The lowest BCUT2D eigenvalue weighted by Crippen LogP contribution is -2.44. The summed E-state index contributed by atoms with van der Waals surface area (Å²) in [5.41, 5.74) is 2.08. The number of nitrogens with one attached hydrogen (secondary N) is 1. The lowest BCUT2D eigenvalue weighted by Gasteiger charge is -2.21. The number of hydrazine groups is 1. The van der Waals surface area contributed by atoms with E-state index in [1.54, 1.807) is 18.2 Å². The molecule has 0 aliphatic rings. The topological polar surface area (TPSA) is 64.3 Å². The van der Waals surface area contributed by atoms with Crippen molar-refractivity contribution in [2.24, 2.45) is 11.8 Å². The van der Waals surface area contributed by atoms with Gasteiger partial charge in [-0.1, -0.05) is 41.4 Å². The molecule has 1 amide bonds. The fourth-order valence-corrected chi connectivity index (χ4v) is 2.00. The van der Waals surface area contributed by atoms with E-state index in [9.17, 15) is 4.79 Å². The summed E-state index contributed by atoms with van der Waals surface area (Å²) in [4.78, 5) is 11.5. The van der Waals surface area contributed by atoms with Gasteiger partial charge in [0, 0.05) is 4.47 Å². The zero-order valence-corrected chi connectivity index (χ0v) is 11.9. The fraction of sp³-hybridized carbons (Fsp3) is 0.364. The van der Waals surface area contributed by atoms with Gasteiger partial charge < -0.3 is 4.74 Å². The zero-order chi connectivity index (χ0) is 13.0. The van der Waals surface area contributed by atoms with Crippen molar-refractivity contribution < 1.29 is 9.53 Å². The molecule has 0 heterocycles. The number of halogens is 2. The first-order chi connectivity index (χ1) is 7.95. The largest absolute Gasteiger partial charge is 0.479 e. The Balaban J connectivity index is 2.90. The van der Waals surface area contributed by atoms with Crippen LogP contribution in [-0.2, 0) is 4.79 Å². The van der Waals surface area contributed by atoms with E-state index in [0.29, 0.717) is 10.8 Å². The maximum atomic E-state index is 11.5. The molecule has 1 rings (SSSR count). The Morgan fingerprint density at radius 1 is 1.53 bits per heavy atom. The molecular formula is C11H14BrClN2O2. The van der Waals surface area contributed by atoms with Gasteiger partial charge in [0.2, 0.25) is 0 Å². The second-order valence-electron chi connectivity index (χ2n) is 3.87. The van der Waals surface area contributed by atoms with Gasteiger partial charge >= 0.3 is 0 Å². The Morgan fingerprint density at radius 2 is 2.18 bits per heavy atom. The smallest absolute Gasteiger partial charge is 0.275 e. The van der Waals surface area contributed by atoms with Crippen LogP contribution >= 0.6 is 27.5 Å². The minimum Gasteiger partial charge on any atom is -0.479 e. The van der Waals surface area contributed by atoms with Crippen LogP contribution in [0.5, 0.6) is 5.75 Å². The number of carbonyl (C=O) groups is 1. The quantitative estimate of drug-likeness (QED) is 0.509. The van der Waals surface area contributed by atoms with Crippen molar-refractivity contribution in [3.05, 3.63) is 27.7 Å². The summed E-state index contributed by atoms with van der Waals surface area (Å²) in [6.45, 7) is 3.74. The van der Waals surface area contributed by atoms with Crippen molar-refractivity contribution in [2.45, 2.75) is 20.0 Å². The van der Waals surface area contributed by atoms with E-state index in [2.05, 4.69) is 21.4 Å². The first-order valence-electron chi connectivity index (χ1n) is 5.08. The Kier molecular flexibility index (Phi) is 5.24. The van der Waals surface area contributed by atoms with Crippen LogP contribution in [0.15, 0.2) is 22.7 Å². The molecule has 4 nitrogen and oxygen atoms in total. The molecule has 0 aliphatic heterocycles. The highest BCUT2D eigenvalue weighted by molar-refractivity contribution is 9.10. The first-order valence-corrected chi connectivity index (χ1v) is 6.25. The van der Waals surface area contributed by atoms with Crippen molar-refractivity contribution in [3.8, 4) is 5.75 Å². The summed E-state index contributed by atoms with van der Waals surface area (Å²) < 4.78 is 6.42. The van der Waals surface area contributed by atoms with Crippen LogP contribution in [0, 0.1) is 5.92 Å². The minimum atomic E-state index is -0.668. The van der Waals surface area contributed by atoms with Gasteiger partial charge in [-0.15, -0.1) is 0 Å². The molecule has 94 valence electrons. The molecule has 0 spiro atoms. The Bertz CT molecular complexity index is 412. The minimum absolute atomic E-state index is 0.0155. The molecule has 1 atom stereocenters. The Hall–Kier alpha value is -0.780. The molecule has 0 saturated carbocycles. The molecule has 0 bridgehead atoms. The van der Waals surface area contributed by atoms with E-state index < -0.39 is 6.10 Å². The molecule has 0 radical (unpaired) electrons. The SMILES string of the molecule is CC(C)C(Oc1ccc(Br)cc1Cl)C(=O)NN. The van der Waals surface area contributed by atoms with Crippen LogP contribution < -0.4 is 16.0 Å². The summed E-state index contributed by atoms with van der Waals surface area (Å²) in [7, 11) is 0. The summed E-state index contributed by atoms with van der Waals surface area (Å²) in [5.74, 6) is 5.17. The lowest BCUT2D eigenvalue weighted by atomic mass is 10.1. The third-order valence-corrected chi connectivity index (χ3v) is 2.94. The van der Waals surface area contributed by atoms with Gasteiger partial charge in [-0.2, -0.15) is 0 Å². The molecule has 1 aromatic carbocycles. The predicted molar refractivity (Wildman–Crippen MR) is 70.7 cm³/mol. The average molecular weight is 322 g/mol. The van der Waals surface area contributed by atoms with Crippen LogP contribution in [0.25, 0.3) is 0 Å². The van der Waals surface area contributed by atoms with Crippen LogP contribution in [0.4, 0.5) is 0 Å². The van der Waals surface area contributed by atoms with Gasteiger partial charge in [-0.3, -0.25) is 10.2 Å². The van der Waals surface area contributed by atoms with Crippen LogP contribution in [-0.4, -0.2) is 12.0 Å². The van der Waals surface area contributed by atoms with Crippen LogP contribution in [0.2, 0.25) is 5.02 Å². The Morgan fingerprint density at radius 3 is 2.65 bits per heavy atom. The highest BCUT2D eigenvalue weighted by Crippen LogP contribution is 2.29. The van der Waals surface area contributed by atoms with E-state index in [0.717, 1.165) is 4.47 Å². The van der Waals surface area contributed by atoms with E-state index in [1.807, 2.05) is 13.8 Å². The second kappa shape index (κ2) is 6.23. The van der Waals surface area contributed by atoms with Gasteiger partial charge in [-0.05, 0) is 24.1 Å². The number of hydrogen-bond donors (Lipinski definition) is 2. The number of hydrogen-bond acceptors (Lipinski definition) is 3. The molecule has 0 aliphatic carbocycles. The standard InChI is InChI=1S/C11H14BrClN2O2/c1-6(2)10(11(16)15-14)17-9-4-3-7(12)5-8(9)13/h3-6,10H,14H2,1-2H3,(H,15,16). The monoisotopic (exact) mass is 320 g/mol. The van der Waals surface area contributed by atoms with Gasteiger partial charge in [0.1, 0.15) is 5.75 Å². The number of rotatable bonds is 4. The highest BCUT2D eigenvalue weighted by Gasteiger charge is 2.24. The van der Waals surface area contributed by atoms with Gasteiger partial charge in [0.25, 0.3) is 5.91 Å². The van der Waals surface area contributed by atoms with Crippen molar-refractivity contribution >= 4 is 33.4 Å². The van der Waals surface area contributed by atoms with Gasteiger partial charge in [0.15, 0.2) is 6.10 Å². The normalized spacial score (nSPS) is 12.4. The number of amides is 1.